The largest absolute Gasteiger partial charge is 0.289 e. The van der Waals surface area contributed by atoms with Crippen molar-refractivity contribution in [3.05, 3.63) is 47.3 Å². The number of rotatable bonds is 2. The minimum Gasteiger partial charge on any atom is -0.289 e. The van der Waals surface area contributed by atoms with E-state index < -0.39 is 5.82 Å². The highest BCUT2D eigenvalue weighted by Crippen LogP contribution is 2.15. The second-order valence-corrected chi connectivity index (χ2v) is 2.60. The number of carbonyl (C=O) groups is 1. The average molecular weight is 185 g/mol. The summed E-state index contributed by atoms with van der Waals surface area (Å²) in [5.41, 5.74) is 0.256. The first-order valence-corrected chi connectivity index (χ1v) is 3.65. The summed E-state index contributed by atoms with van der Waals surface area (Å²) in [6.07, 6.45) is 1.13. The van der Waals surface area contributed by atoms with Gasteiger partial charge < -0.3 is 0 Å². The lowest BCUT2D eigenvalue weighted by atomic mass is 10.1. The van der Waals surface area contributed by atoms with Crippen LogP contribution in [0.25, 0.3) is 0 Å². The second kappa shape index (κ2) is 3.50. The normalized spacial score (nSPS) is 9.50. The van der Waals surface area contributed by atoms with E-state index in [0.29, 0.717) is 0 Å². The molecule has 0 aliphatic heterocycles. The molecule has 0 atom stereocenters. The number of carbonyl (C=O) groups excluding carboxylic acids is 1. The van der Waals surface area contributed by atoms with E-state index in [1.54, 1.807) is 0 Å². The van der Waals surface area contributed by atoms with Crippen molar-refractivity contribution in [3.8, 4) is 0 Å². The topological polar surface area (TPSA) is 17.1 Å². The Morgan fingerprint density at radius 3 is 2.75 bits per heavy atom. The Kier molecular flexibility index (Phi) is 2.61. The molecule has 1 aromatic rings. The molecule has 1 aromatic carbocycles. The van der Waals surface area contributed by atoms with Crippen molar-refractivity contribution < 1.29 is 9.18 Å². The number of allylic oxidation sites excluding steroid dienone is 1. The summed E-state index contributed by atoms with van der Waals surface area (Å²) in [7, 11) is 0. The molecule has 0 radical (unpaired) electrons. The van der Waals surface area contributed by atoms with Crippen LogP contribution in [0.5, 0.6) is 0 Å². The fraction of sp³-hybridized carbons (Fsp3) is 0. The molecule has 0 bridgehead atoms. The van der Waals surface area contributed by atoms with E-state index in [1.807, 2.05) is 0 Å². The number of ketones is 1. The van der Waals surface area contributed by atoms with Gasteiger partial charge in [-0.1, -0.05) is 18.2 Å². The van der Waals surface area contributed by atoms with Crippen LogP contribution in [0.3, 0.4) is 0 Å². The summed E-state index contributed by atoms with van der Waals surface area (Å²) in [6.45, 7) is 3.28. The van der Waals surface area contributed by atoms with Crippen LogP contribution in [0.4, 0.5) is 4.39 Å². The van der Waals surface area contributed by atoms with E-state index >= 15 is 0 Å². The highest BCUT2D eigenvalue weighted by Gasteiger charge is 2.04. The maximum absolute atomic E-state index is 12.8. The van der Waals surface area contributed by atoms with Crippen molar-refractivity contribution in [2.45, 2.75) is 0 Å². The minimum absolute atomic E-state index is 0.00983. The lowest BCUT2D eigenvalue weighted by molar-refractivity contribution is 0.104. The predicted molar refractivity (Wildman–Crippen MR) is 45.9 cm³/mol. The van der Waals surface area contributed by atoms with Crippen LogP contribution >= 0.6 is 11.6 Å². The highest BCUT2D eigenvalue weighted by atomic mass is 35.5. The van der Waals surface area contributed by atoms with Crippen LogP contribution in [0.2, 0.25) is 5.02 Å². The third-order valence-electron chi connectivity index (χ3n) is 1.39. The molecule has 3 heteroatoms. The van der Waals surface area contributed by atoms with Crippen molar-refractivity contribution in [2.75, 3.05) is 0 Å². The zero-order valence-electron chi connectivity index (χ0n) is 6.18. The van der Waals surface area contributed by atoms with E-state index in [0.717, 1.165) is 12.1 Å². The SMILES string of the molecule is C=CC(=O)c1ccc(Cl)c(F)c1. The minimum atomic E-state index is -0.593. The van der Waals surface area contributed by atoms with Crippen LogP contribution in [-0.2, 0) is 0 Å². The number of hydrogen-bond acceptors (Lipinski definition) is 1. The van der Waals surface area contributed by atoms with Crippen molar-refractivity contribution in [2.24, 2.45) is 0 Å². The van der Waals surface area contributed by atoms with E-state index in [2.05, 4.69) is 6.58 Å². The van der Waals surface area contributed by atoms with E-state index in [9.17, 15) is 9.18 Å². The fourth-order valence-electron chi connectivity index (χ4n) is 0.767. The van der Waals surface area contributed by atoms with Crippen LogP contribution < -0.4 is 0 Å². The van der Waals surface area contributed by atoms with Crippen LogP contribution in [0, 0.1) is 5.82 Å². The maximum atomic E-state index is 12.8. The molecule has 0 amide bonds. The Labute approximate surface area is 74.5 Å². The van der Waals surface area contributed by atoms with Crippen molar-refractivity contribution in [1.29, 1.82) is 0 Å². The lowest BCUT2D eigenvalue weighted by Gasteiger charge is -1.96. The summed E-state index contributed by atoms with van der Waals surface area (Å²) in [5.74, 6) is -0.907. The third kappa shape index (κ3) is 1.71. The Bertz CT molecular complexity index is 333. The first kappa shape index (κ1) is 8.94. The maximum Gasteiger partial charge on any atom is 0.185 e. The number of hydrogen-bond donors (Lipinski definition) is 0. The Hall–Kier alpha value is -1.15. The molecular weight excluding hydrogens is 179 g/mol. The smallest absolute Gasteiger partial charge is 0.185 e. The Morgan fingerprint density at radius 2 is 2.25 bits per heavy atom. The molecule has 12 heavy (non-hydrogen) atoms. The van der Waals surface area contributed by atoms with Gasteiger partial charge in [-0.25, -0.2) is 4.39 Å². The summed E-state index contributed by atoms with van der Waals surface area (Å²) < 4.78 is 12.8. The van der Waals surface area contributed by atoms with Crippen LogP contribution in [0.15, 0.2) is 30.9 Å². The molecule has 0 aliphatic carbocycles. The molecular formula is C9H6ClFO. The molecule has 0 unspecified atom stereocenters. The summed E-state index contributed by atoms with van der Waals surface area (Å²) in [4.78, 5) is 10.9. The average Bonchev–Trinajstić information content (AvgIpc) is 2.08. The van der Waals surface area contributed by atoms with Gasteiger partial charge in [0, 0.05) is 5.56 Å². The molecule has 1 nitrogen and oxygen atoms in total. The van der Waals surface area contributed by atoms with Crippen molar-refractivity contribution in [1.82, 2.24) is 0 Å². The molecule has 0 saturated carbocycles. The van der Waals surface area contributed by atoms with Gasteiger partial charge in [-0.2, -0.15) is 0 Å². The van der Waals surface area contributed by atoms with Gasteiger partial charge in [0.05, 0.1) is 5.02 Å². The standard InChI is InChI=1S/C9H6ClFO/c1-2-9(12)6-3-4-7(10)8(11)5-6/h2-5H,1H2. The van der Waals surface area contributed by atoms with Crippen LogP contribution in [0.1, 0.15) is 10.4 Å². The molecule has 0 spiro atoms. The molecule has 0 N–H and O–H groups in total. The third-order valence-corrected chi connectivity index (χ3v) is 1.70. The quantitative estimate of drug-likeness (QED) is 0.510. The van der Waals surface area contributed by atoms with Gasteiger partial charge in [-0.15, -0.1) is 0 Å². The molecule has 0 heterocycles. The molecule has 0 aromatic heterocycles. The zero-order valence-corrected chi connectivity index (χ0v) is 6.94. The predicted octanol–water partition coefficient (Wildman–Crippen LogP) is 2.85. The van der Waals surface area contributed by atoms with Gasteiger partial charge in [0.25, 0.3) is 0 Å². The Balaban J connectivity index is 3.13. The molecule has 62 valence electrons. The van der Waals surface area contributed by atoms with Crippen molar-refractivity contribution in [3.63, 3.8) is 0 Å². The molecule has 0 aliphatic rings. The van der Waals surface area contributed by atoms with Crippen LogP contribution in [-0.4, -0.2) is 5.78 Å². The van der Waals surface area contributed by atoms with Gasteiger partial charge in [-0.05, 0) is 24.3 Å². The molecule has 1 rings (SSSR count). The second-order valence-electron chi connectivity index (χ2n) is 2.20. The van der Waals surface area contributed by atoms with E-state index in [1.165, 1.54) is 12.1 Å². The first-order chi connectivity index (χ1) is 5.65. The summed E-state index contributed by atoms with van der Waals surface area (Å²) >= 11 is 5.42. The van der Waals surface area contributed by atoms with E-state index in [4.69, 9.17) is 11.6 Å². The van der Waals surface area contributed by atoms with Gasteiger partial charge >= 0.3 is 0 Å². The van der Waals surface area contributed by atoms with Crippen molar-refractivity contribution >= 4 is 17.4 Å². The van der Waals surface area contributed by atoms with Gasteiger partial charge in [0.1, 0.15) is 5.82 Å². The first-order valence-electron chi connectivity index (χ1n) is 3.27. The zero-order chi connectivity index (χ0) is 9.14. The fourth-order valence-corrected chi connectivity index (χ4v) is 0.885. The van der Waals surface area contributed by atoms with Gasteiger partial charge in [-0.3, -0.25) is 4.79 Å². The van der Waals surface area contributed by atoms with E-state index in [-0.39, 0.29) is 16.4 Å². The number of benzene rings is 1. The summed E-state index contributed by atoms with van der Waals surface area (Å²) in [6, 6.07) is 3.88. The highest BCUT2D eigenvalue weighted by molar-refractivity contribution is 6.30. The summed E-state index contributed by atoms with van der Waals surface area (Å²) in [5, 5.41) is 0.00983. The monoisotopic (exact) mass is 184 g/mol. The lowest BCUT2D eigenvalue weighted by Crippen LogP contribution is -1.94. The number of halogens is 2. The Morgan fingerprint density at radius 1 is 1.58 bits per heavy atom. The van der Waals surface area contributed by atoms with Gasteiger partial charge in [0.2, 0.25) is 0 Å². The molecule has 0 fully saturated rings. The molecule has 0 saturated heterocycles. The van der Waals surface area contributed by atoms with Gasteiger partial charge in [0.15, 0.2) is 5.78 Å².